The molecular weight excluding hydrogens is 384 g/mol. The van der Waals surface area contributed by atoms with Crippen molar-refractivity contribution in [3.8, 4) is 0 Å². The molecule has 0 saturated carbocycles. The van der Waals surface area contributed by atoms with Crippen molar-refractivity contribution in [2.24, 2.45) is 4.99 Å². The van der Waals surface area contributed by atoms with E-state index in [1.54, 1.807) is 12.1 Å². The second-order valence-electron chi connectivity index (χ2n) is 6.81. The minimum atomic E-state index is -0.279. The van der Waals surface area contributed by atoms with Gasteiger partial charge < -0.3 is 9.73 Å². The number of nitrogens with zero attached hydrogens (tertiary/aromatic N) is 1. The molecule has 1 aromatic heterocycles. The summed E-state index contributed by atoms with van der Waals surface area (Å²) >= 11 is 6.06. The number of benzene rings is 3. The van der Waals surface area contributed by atoms with Crippen LogP contribution in [0, 0.1) is 13.8 Å². The van der Waals surface area contributed by atoms with Crippen LogP contribution in [0.2, 0.25) is 5.02 Å². The molecular formula is C24H19ClN2O2. The Bertz CT molecular complexity index is 1290. The van der Waals surface area contributed by atoms with Gasteiger partial charge in [-0.05, 0) is 61.4 Å². The van der Waals surface area contributed by atoms with Crippen molar-refractivity contribution < 1.29 is 9.21 Å². The van der Waals surface area contributed by atoms with Gasteiger partial charge in [0, 0.05) is 16.1 Å². The second-order valence-corrected chi connectivity index (χ2v) is 7.25. The fraction of sp³-hybridized carbons (Fsp3) is 0.0833. The molecule has 4 nitrogen and oxygen atoms in total. The summed E-state index contributed by atoms with van der Waals surface area (Å²) in [5, 5.41) is 4.42. The molecule has 0 aliphatic heterocycles. The van der Waals surface area contributed by atoms with E-state index in [9.17, 15) is 4.79 Å². The fourth-order valence-electron chi connectivity index (χ4n) is 3.07. The predicted octanol–water partition coefficient (Wildman–Crippen LogP) is 6.19. The maximum absolute atomic E-state index is 13.1. The lowest BCUT2D eigenvalue weighted by Crippen LogP contribution is -2.22. The molecule has 29 heavy (non-hydrogen) atoms. The SMILES string of the molecule is Cc1cc(Cl)ccc1N=c1oc2ccccc2cc1C(=O)Nc1ccccc1C. The lowest BCUT2D eigenvalue weighted by atomic mass is 10.1. The molecule has 0 radical (unpaired) electrons. The van der Waals surface area contributed by atoms with Crippen LogP contribution in [0.5, 0.6) is 0 Å². The number of anilines is 1. The van der Waals surface area contributed by atoms with E-state index in [1.807, 2.05) is 74.5 Å². The molecule has 0 unspecified atom stereocenters. The van der Waals surface area contributed by atoms with Gasteiger partial charge in [0.1, 0.15) is 11.1 Å². The maximum Gasteiger partial charge on any atom is 0.261 e. The van der Waals surface area contributed by atoms with Crippen LogP contribution in [0.25, 0.3) is 11.0 Å². The molecule has 4 aromatic rings. The summed E-state index contributed by atoms with van der Waals surface area (Å²) in [4.78, 5) is 17.7. The molecule has 1 amide bonds. The minimum Gasteiger partial charge on any atom is -0.438 e. The first kappa shape index (κ1) is 19.0. The van der Waals surface area contributed by atoms with Gasteiger partial charge in [-0.3, -0.25) is 4.79 Å². The van der Waals surface area contributed by atoms with Gasteiger partial charge in [0.2, 0.25) is 5.55 Å². The molecule has 4 rings (SSSR count). The van der Waals surface area contributed by atoms with Crippen LogP contribution < -0.4 is 10.9 Å². The van der Waals surface area contributed by atoms with Crippen LogP contribution in [0.4, 0.5) is 11.4 Å². The van der Waals surface area contributed by atoms with E-state index in [2.05, 4.69) is 10.3 Å². The zero-order valence-electron chi connectivity index (χ0n) is 16.1. The number of fused-ring (bicyclic) bond motifs is 1. The van der Waals surface area contributed by atoms with E-state index in [1.165, 1.54) is 0 Å². The summed E-state index contributed by atoms with van der Waals surface area (Å²) in [5.74, 6) is -0.279. The van der Waals surface area contributed by atoms with E-state index in [0.717, 1.165) is 22.2 Å². The van der Waals surface area contributed by atoms with Gasteiger partial charge in [0.15, 0.2) is 0 Å². The van der Waals surface area contributed by atoms with Crippen molar-refractivity contribution in [2.75, 3.05) is 5.32 Å². The lowest BCUT2D eigenvalue weighted by Gasteiger charge is -2.09. The Morgan fingerprint density at radius 2 is 1.69 bits per heavy atom. The Morgan fingerprint density at radius 3 is 2.48 bits per heavy atom. The average molecular weight is 403 g/mol. The van der Waals surface area contributed by atoms with E-state index in [4.69, 9.17) is 16.0 Å². The van der Waals surface area contributed by atoms with Crippen molar-refractivity contribution in [1.29, 1.82) is 0 Å². The summed E-state index contributed by atoms with van der Waals surface area (Å²) in [6.45, 7) is 3.86. The number of rotatable bonds is 3. The molecule has 1 heterocycles. The van der Waals surface area contributed by atoms with Gasteiger partial charge >= 0.3 is 0 Å². The Hall–Kier alpha value is -3.37. The molecule has 0 bridgehead atoms. The minimum absolute atomic E-state index is 0.250. The number of carbonyl (C=O) groups excluding carboxylic acids is 1. The highest BCUT2D eigenvalue weighted by Gasteiger charge is 2.14. The Labute approximate surface area is 173 Å². The van der Waals surface area contributed by atoms with Crippen LogP contribution in [0.1, 0.15) is 21.5 Å². The van der Waals surface area contributed by atoms with Gasteiger partial charge in [-0.25, -0.2) is 4.99 Å². The molecule has 0 fully saturated rings. The molecule has 0 aliphatic rings. The van der Waals surface area contributed by atoms with Gasteiger partial charge in [-0.1, -0.05) is 48.0 Å². The maximum atomic E-state index is 13.1. The standard InChI is InChI=1S/C24H19ClN2O2/c1-15-7-3-5-9-20(15)26-23(28)19-14-17-8-4-6-10-22(17)29-24(19)27-21-12-11-18(25)13-16(21)2/h3-14H,1-2H3,(H,26,28). The molecule has 0 aliphatic carbocycles. The van der Waals surface area contributed by atoms with Crippen LogP contribution in [-0.4, -0.2) is 5.91 Å². The highest BCUT2D eigenvalue weighted by atomic mass is 35.5. The first-order valence-electron chi connectivity index (χ1n) is 9.22. The smallest absolute Gasteiger partial charge is 0.261 e. The first-order valence-corrected chi connectivity index (χ1v) is 9.60. The van der Waals surface area contributed by atoms with Gasteiger partial charge in [0.05, 0.1) is 5.69 Å². The normalized spacial score (nSPS) is 11.6. The third-order valence-electron chi connectivity index (χ3n) is 4.67. The highest BCUT2D eigenvalue weighted by molar-refractivity contribution is 6.30. The second kappa shape index (κ2) is 7.94. The molecule has 0 spiro atoms. The van der Waals surface area contributed by atoms with Crippen molar-refractivity contribution >= 4 is 39.9 Å². The van der Waals surface area contributed by atoms with E-state index >= 15 is 0 Å². The number of carbonyl (C=O) groups is 1. The van der Waals surface area contributed by atoms with E-state index in [0.29, 0.717) is 21.9 Å². The Morgan fingerprint density at radius 1 is 0.931 bits per heavy atom. The fourth-order valence-corrected chi connectivity index (χ4v) is 3.30. The molecule has 3 aromatic carbocycles. The van der Waals surface area contributed by atoms with Crippen molar-refractivity contribution in [2.45, 2.75) is 13.8 Å². The first-order chi connectivity index (χ1) is 14.0. The molecule has 5 heteroatoms. The number of hydrogen-bond acceptors (Lipinski definition) is 3. The number of aryl methyl sites for hydroxylation is 2. The summed E-state index contributed by atoms with van der Waals surface area (Å²) in [7, 11) is 0. The summed E-state index contributed by atoms with van der Waals surface area (Å²) in [6, 6.07) is 22.4. The van der Waals surface area contributed by atoms with Crippen LogP contribution in [0.15, 0.2) is 82.2 Å². The quantitative estimate of drug-likeness (QED) is 0.444. The zero-order chi connectivity index (χ0) is 20.4. The average Bonchev–Trinajstić information content (AvgIpc) is 2.71. The predicted molar refractivity (Wildman–Crippen MR) is 117 cm³/mol. The Balaban J connectivity index is 1.87. The van der Waals surface area contributed by atoms with E-state index in [-0.39, 0.29) is 11.5 Å². The largest absolute Gasteiger partial charge is 0.438 e. The van der Waals surface area contributed by atoms with Crippen LogP contribution in [-0.2, 0) is 0 Å². The molecule has 0 saturated heterocycles. The molecule has 0 atom stereocenters. The highest BCUT2D eigenvalue weighted by Crippen LogP contribution is 2.23. The summed E-state index contributed by atoms with van der Waals surface area (Å²) in [6.07, 6.45) is 0. The van der Waals surface area contributed by atoms with Crippen molar-refractivity contribution in [3.05, 3.63) is 100 Å². The van der Waals surface area contributed by atoms with E-state index < -0.39 is 0 Å². The monoisotopic (exact) mass is 402 g/mol. The van der Waals surface area contributed by atoms with Gasteiger partial charge in [0.25, 0.3) is 5.91 Å². The van der Waals surface area contributed by atoms with Crippen LogP contribution >= 0.6 is 11.6 Å². The summed E-state index contributed by atoms with van der Waals surface area (Å²) < 4.78 is 6.01. The number of para-hydroxylation sites is 2. The third kappa shape index (κ3) is 4.08. The van der Waals surface area contributed by atoms with Crippen molar-refractivity contribution in [3.63, 3.8) is 0 Å². The number of amides is 1. The summed E-state index contributed by atoms with van der Waals surface area (Å²) in [5.41, 5.74) is 4.58. The molecule has 1 N–H and O–H groups in total. The number of halogens is 1. The zero-order valence-corrected chi connectivity index (χ0v) is 16.8. The number of nitrogens with one attached hydrogen (secondary N) is 1. The topological polar surface area (TPSA) is 54.6 Å². The number of hydrogen-bond donors (Lipinski definition) is 1. The van der Waals surface area contributed by atoms with Crippen molar-refractivity contribution in [1.82, 2.24) is 0 Å². The van der Waals surface area contributed by atoms with Gasteiger partial charge in [-0.2, -0.15) is 0 Å². The molecule has 144 valence electrons. The van der Waals surface area contributed by atoms with Gasteiger partial charge in [-0.15, -0.1) is 0 Å². The Kier molecular flexibility index (Phi) is 5.19. The third-order valence-corrected chi connectivity index (χ3v) is 4.91. The van der Waals surface area contributed by atoms with Crippen LogP contribution in [0.3, 0.4) is 0 Å². The lowest BCUT2D eigenvalue weighted by molar-refractivity contribution is 0.102.